The van der Waals surface area contributed by atoms with E-state index in [0.717, 1.165) is 34.6 Å². The molecule has 2 aromatic rings. The van der Waals surface area contributed by atoms with E-state index in [4.69, 9.17) is 5.11 Å². The van der Waals surface area contributed by atoms with Crippen LogP contribution in [0, 0.1) is 20.8 Å². The highest BCUT2D eigenvalue weighted by atomic mass is 16.4. The minimum atomic E-state index is -0.903. The predicted molar refractivity (Wildman–Crippen MR) is 74.5 cm³/mol. The fraction of sp³-hybridized carbons (Fsp3) is 0.333. The summed E-state index contributed by atoms with van der Waals surface area (Å²) in [7, 11) is 0. The minimum absolute atomic E-state index is 0.309. The maximum Gasteiger partial charge on any atom is 0.335 e. The Bertz CT molecular complexity index is 642. The fourth-order valence-electron chi connectivity index (χ4n) is 2.42. The second-order valence-electron chi connectivity index (χ2n) is 4.70. The van der Waals surface area contributed by atoms with Crippen molar-refractivity contribution < 1.29 is 9.90 Å². The van der Waals surface area contributed by atoms with E-state index in [0.29, 0.717) is 5.56 Å². The van der Waals surface area contributed by atoms with Crippen LogP contribution in [0.1, 0.15) is 34.2 Å². The molecule has 0 fully saturated rings. The molecule has 0 saturated heterocycles. The summed E-state index contributed by atoms with van der Waals surface area (Å²) < 4.78 is 1.94. The van der Waals surface area contributed by atoms with E-state index in [9.17, 15) is 4.79 Å². The van der Waals surface area contributed by atoms with Gasteiger partial charge in [-0.15, -0.1) is 0 Å². The van der Waals surface area contributed by atoms with Gasteiger partial charge in [-0.3, -0.25) is 4.68 Å². The number of rotatable bonds is 3. The van der Waals surface area contributed by atoms with E-state index in [-0.39, 0.29) is 0 Å². The van der Waals surface area contributed by atoms with Gasteiger partial charge < -0.3 is 5.11 Å². The number of hydrogen-bond acceptors (Lipinski definition) is 2. The van der Waals surface area contributed by atoms with Crippen molar-refractivity contribution in [3.05, 3.63) is 40.7 Å². The molecule has 19 heavy (non-hydrogen) atoms. The number of aromatic nitrogens is 2. The van der Waals surface area contributed by atoms with Gasteiger partial charge in [0.15, 0.2) is 0 Å². The van der Waals surface area contributed by atoms with E-state index in [2.05, 4.69) is 5.10 Å². The Kier molecular flexibility index (Phi) is 3.42. The lowest BCUT2D eigenvalue weighted by Crippen LogP contribution is -2.00. The van der Waals surface area contributed by atoms with Crippen molar-refractivity contribution in [1.29, 1.82) is 0 Å². The van der Waals surface area contributed by atoms with Crippen LogP contribution in [0.25, 0.3) is 11.1 Å². The number of carboxylic acid groups (broad SMARTS) is 1. The van der Waals surface area contributed by atoms with Gasteiger partial charge in [-0.05, 0) is 51.0 Å². The number of benzene rings is 1. The summed E-state index contributed by atoms with van der Waals surface area (Å²) >= 11 is 0. The molecule has 0 saturated carbocycles. The summed E-state index contributed by atoms with van der Waals surface area (Å²) in [5, 5.41) is 13.6. The molecule has 0 atom stereocenters. The highest BCUT2D eigenvalue weighted by Crippen LogP contribution is 2.30. The third kappa shape index (κ3) is 2.26. The standard InChI is InChI=1S/C15H18N2O2/c1-5-17-11(4)14(10(3)16-17)13-8-12(15(18)19)7-6-9(13)2/h6-8H,5H2,1-4H3,(H,18,19). The lowest BCUT2D eigenvalue weighted by molar-refractivity contribution is 0.0697. The van der Waals surface area contributed by atoms with Gasteiger partial charge in [-0.25, -0.2) is 4.79 Å². The van der Waals surface area contributed by atoms with Crippen molar-refractivity contribution in [2.24, 2.45) is 0 Å². The number of carboxylic acids is 1. The second kappa shape index (κ2) is 4.88. The molecule has 4 heteroatoms. The molecule has 0 spiro atoms. The minimum Gasteiger partial charge on any atom is -0.478 e. The quantitative estimate of drug-likeness (QED) is 0.919. The van der Waals surface area contributed by atoms with Crippen LogP contribution >= 0.6 is 0 Å². The zero-order valence-electron chi connectivity index (χ0n) is 11.7. The van der Waals surface area contributed by atoms with Gasteiger partial charge in [-0.2, -0.15) is 5.10 Å². The average Bonchev–Trinajstić information content (AvgIpc) is 2.65. The third-order valence-electron chi connectivity index (χ3n) is 3.43. The molecule has 0 aliphatic heterocycles. The summed E-state index contributed by atoms with van der Waals surface area (Å²) in [6.45, 7) is 8.82. The Hall–Kier alpha value is -2.10. The van der Waals surface area contributed by atoms with Gasteiger partial charge in [0.05, 0.1) is 11.3 Å². The SMILES string of the molecule is CCn1nc(C)c(-c2cc(C(=O)O)ccc2C)c1C. The average molecular weight is 258 g/mol. The normalized spacial score (nSPS) is 10.7. The smallest absolute Gasteiger partial charge is 0.335 e. The number of nitrogens with zero attached hydrogens (tertiary/aromatic N) is 2. The molecule has 0 amide bonds. The van der Waals surface area contributed by atoms with Crippen LogP contribution in [0.3, 0.4) is 0 Å². The third-order valence-corrected chi connectivity index (χ3v) is 3.43. The number of aromatic carboxylic acids is 1. The van der Waals surface area contributed by atoms with Gasteiger partial charge in [0.1, 0.15) is 0 Å². The fourth-order valence-corrected chi connectivity index (χ4v) is 2.42. The molecule has 0 radical (unpaired) electrons. The van der Waals surface area contributed by atoms with Gasteiger partial charge in [0, 0.05) is 17.8 Å². The summed E-state index contributed by atoms with van der Waals surface area (Å²) in [5.74, 6) is -0.903. The van der Waals surface area contributed by atoms with Crippen LogP contribution in [-0.4, -0.2) is 20.9 Å². The van der Waals surface area contributed by atoms with E-state index < -0.39 is 5.97 Å². The first-order valence-corrected chi connectivity index (χ1v) is 6.34. The zero-order valence-corrected chi connectivity index (χ0v) is 11.7. The van der Waals surface area contributed by atoms with E-state index >= 15 is 0 Å². The van der Waals surface area contributed by atoms with Crippen molar-refractivity contribution in [2.75, 3.05) is 0 Å². The van der Waals surface area contributed by atoms with Crippen molar-refractivity contribution in [3.63, 3.8) is 0 Å². The Morgan fingerprint density at radius 3 is 2.53 bits per heavy atom. The van der Waals surface area contributed by atoms with E-state index in [1.807, 2.05) is 38.4 Å². The molecule has 0 unspecified atom stereocenters. The van der Waals surface area contributed by atoms with Gasteiger partial charge in [-0.1, -0.05) is 6.07 Å². The summed E-state index contributed by atoms with van der Waals surface area (Å²) in [6, 6.07) is 5.21. The van der Waals surface area contributed by atoms with Crippen molar-refractivity contribution in [1.82, 2.24) is 9.78 Å². The predicted octanol–water partition coefficient (Wildman–Crippen LogP) is 3.19. The second-order valence-corrected chi connectivity index (χ2v) is 4.70. The number of carbonyl (C=O) groups is 1. The molecular weight excluding hydrogens is 240 g/mol. The first kappa shape index (κ1) is 13.3. The molecular formula is C15H18N2O2. The lowest BCUT2D eigenvalue weighted by Gasteiger charge is -2.08. The van der Waals surface area contributed by atoms with Crippen molar-refractivity contribution in [3.8, 4) is 11.1 Å². The molecule has 0 aliphatic rings. The lowest BCUT2D eigenvalue weighted by atomic mass is 9.96. The topological polar surface area (TPSA) is 55.1 Å². The van der Waals surface area contributed by atoms with Gasteiger partial charge in [0.2, 0.25) is 0 Å². The summed E-state index contributed by atoms with van der Waals surface area (Å²) in [5.41, 5.74) is 5.38. The van der Waals surface area contributed by atoms with Crippen LogP contribution in [0.15, 0.2) is 18.2 Å². The van der Waals surface area contributed by atoms with E-state index in [1.165, 1.54) is 0 Å². The zero-order chi connectivity index (χ0) is 14.2. The van der Waals surface area contributed by atoms with Crippen LogP contribution in [-0.2, 0) is 6.54 Å². The first-order chi connectivity index (χ1) is 8.95. The highest BCUT2D eigenvalue weighted by molar-refractivity contribution is 5.90. The van der Waals surface area contributed by atoms with Crippen LogP contribution in [0.5, 0.6) is 0 Å². The molecule has 0 bridgehead atoms. The largest absolute Gasteiger partial charge is 0.478 e. The Morgan fingerprint density at radius 2 is 2.00 bits per heavy atom. The van der Waals surface area contributed by atoms with Crippen LogP contribution in [0.2, 0.25) is 0 Å². The van der Waals surface area contributed by atoms with Crippen molar-refractivity contribution in [2.45, 2.75) is 34.2 Å². The monoisotopic (exact) mass is 258 g/mol. The molecule has 1 N–H and O–H groups in total. The molecule has 4 nitrogen and oxygen atoms in total. The van der Waals surface area contributed by atoms with Gasteiger partial charge >= 0.3 is 5.97 Å². The summed E-state index contributed by atoms with van der Waals surface area (Å²) in [6.07, 6.45) is 0. The molecule has 0 aliphatic carbocycles. The number of aryl methyl sites for hydroxylation is 3. The van der Waals surface area contributed by atoms with E-state index in [1.54, 1.807) is 12.1 Å². The summed E-state index contributed by atoms with van der Waals surface area (Å²) in [4.78, 5) is 11.1. The molecule has 1 heterocycles. The Labute approximate surface area is 112 Å². The molecule has 1 aromatic heterocycles. The number of hydrogen-bond donors (Lipinski definition) is 1. The van der Waals surface area contributed by atoms with Crippen LogP contribution < -0.4 is 0 Å². The maximum absolute atomic E-state index is 11.1. The Balaban J connectivity index is 2.68. The maximum atomic E-state index is 11.1. The molecule has 2 rings (SSSR count). The van der Waals surface area contributed by atoms with Gasteiger partial charge in [0.25, 0.3) is 0 Å². The van der Waals surface area contributed by atoms with Crippen molar-refractivity contribution >= 4 is 5.97 Å². The first-order valence-electron chi connectivity index (χ1n) is 6.34. The Morgan fingerprint density at radius 1 is 1.32 bits per heavy atom. The molecule has 100 valence electrons. The van der Waals surface area contributed by atoms with Crippen LogP contribution in [0.4, 0.5) is 0 Å². The highest BCUT2D eigenvalue weighted by Gasteiger charge is 2.16. The molecule has 1 aromatic carbocycles.